The molecule has 0 aliphatic rings. The molecule has 0 aromatic heterocycles. The fourth-order valence-electron chi connectivity index (χ4n) is 2.45. The van der Waals surface area contributed by atoms with Crippen molar-refractivity contribution in [2.45, 2.75) is 78.7 Å². The van der Waals surface area contributed by atoms with E-state index in [4.69, 9.17) is 5.73 Å². The average molecular weight is 199 g/mol. The fraction of sp³-hybridized carbons (Fsp3) is 1.00. The topological polar surface area (TPSA) is 26.0 Å². The zero-order valence-electron chi connectivity index (χ0n) is 10.8. The number of hydrogen-bond acceptors (Lipinski definition) is 1. The Hall–Kier alpha value is -0.0400. The number of rotatable bonds is 7. The van der Waals surface area contributed by atoms with Gasteiger partial charge in [0.1, 0.15) is 0 Å². The van der Waals surface area contributed by atoms with Gasteiger partial charge in [0.2, 0.25) is 0 Å². The summed E-state index contributed by atoms with van der Waals surface area (Å²) in [4.78, 5) is 0. The molecule has 0 saturated heterocycles. The minimum absolute atomic E-state index is 0.0386. The van der Waals surface area contributed by atoms with Gasteiger partial charge in [-0.1, -0.05) is 47.5 Å². The Morgan fingerprint density at radius 3 is 1.71 bits per heavy atom. The summed E-state index contributed by atoms with van der Waals surface area (Å²) >= 11 is 0. The molecule has 0 amide bonds. The maximum atomic E-state index is 6.53. The molecule has 0 aliphatic heterocycles. The minimum Gasteiger partial charge on any atom is -0.325 e. The third-order valence-corrected chi connectivity index (χ3v) is 4.33. The average Bonchev–Trinajstić information content (AvgIpc) is 2.24. The lowest BCUT2D eigenvalue weighted by molar-refractivity contribution is 0.108. The summed E-state index contributed by atoms with van der Waals surface area (Å²) in [5.74, 6) is 0. The molecule has 0 radical (unpaired) electrons. The van der Waals surface area contributed by atoms with Crippen molar-refractivity contribution in [2.24, 2.45) is 11.1 Å². The van der Waals surface area contributed by atoms with E-state index in [0.29, 0.717) is 5.41 Å². The van der Waals surface area contributed by atoms with Crippen LogP contribution >= 0.6 is 0 Å². The first-order valence-electron chi connectivity index (χ1n) is 6.28. The van der Waals surface area contributed by atoms with Gasteiger partial charge in [0.15, 0.2) is 0 Å². The zero-order valence-corrected chi connectivity index (χ0v) is 10.8. The highest BCUT2D eigenvalue weighted by Crippen LogP contribution is 2.41. The van der Waals surface area contributed by atoms with E-state index in [9.17, 15) is 0 Å². The molecular weight excluding hydrogens is 170 g/mol. The molecule has 0 spiro atoms. The molecule has 0 fully saturated rings. The van der Waals surface area contributed by atoms with Crippen LogP contribution in [0.5, 0.6) is 0 Å². The third kappa shape index (κ3) is 2.73. The maximum Gasteiger partial charge on any atom is 0.0203 e. The summed E-state index contributed by atoms with van der Waals surface area (Å²) in [6, 6.07) is 0. The highest BCUT2D eigenvalue weighted by Gasteiger charge is 2.40. The fourth-order valence-corrected chi connectivity index (χ4v) is 2.45. The van der Waals surface area contributed by atoms with Crippen molar-refractivity contribution in [3.05, 3.63) is 0 Å². The molecule has 1 nitrogen and oxygen atoms in total. The molecule has 0 aromatic rings. The van der Waals surface area contributed by atoms with Gasteiger partial charge in [0, 0.05) is 5.54 Å². The highest BCUT2D eigenvalue weighted by atomic mass is 14.8. The Labute approximate surface area is 90.5 Å². The van der Waals surface area contributed by atoms with E-state index in [0.717, 1.165) is 12.8 Å². The molecule has 1 unspecified atom stereocenters. The number of unbranched alkanes of at least 4 members (excludes halogenated alkanes) is 1. The second kappa shape index (κ2) is 5.75. The third-order valence-electron chi connectivity index (χ3n) is 4.33. The summed E-state index contributed by atoms with van der Waals surface area (Å²) in [6.45, 7) is 11.4. The lowest BCUT2D eigenvalue weighted by Crippen LogP contribution is -2.53. The van der Waals surface area contributed by atoms with Gasteiger partial charge in [0.25, 0.3) is 0 Å². The molecule has 0 aromatic carbocycles. The Kier molecular flexibility index (Phi) is 5.73. The molecule has 1 atom stereocenters. The quantitative estimate of drug-likeness (QED) is 0.656. The summed E-state index contributed by atoms with van der Waals surface area (Å²) in [6.07, 6.45) is 7.25. The first-order valence-corrected chi connectivity index (χ1v) is 6.28. The van der Waals surface area contributed by atoms with Gasteiger partial charge < -0.3 is 5.73 Å². The SMILES string of the molecule is CCCCC(C)(CC)C(N)(CC)CC. The molecule has 86 valence electrons. The first kappa shape index (κ1) is 14.0. The second-order valence-corrected chi connectivity index (χ2v) is 4.88. The summed E-state index contributed by atoms with van der Waals surface area (Å²) in [7, 11) is 0. The van der Waals surface area contributed by atoms with E-state index >= 15 is 0 Å². The molecule has 1 heteroatoms. The highest BCUT2D eigenvalue weighted by molar-refractivity contribution is 4.97. The largest absolute Gasteiger partial charge is 0.325 e. The zero-order chi connectivity index (χ0) is 11.2. The standard InChI is InChI=1S/C13H29N/c1-6-10-11-12(5,7-2)13(14,8-3)9-4/h6-11,14H2,1-5H3. The molecule has 0 heterocycles. The van der Waals surface area contributed by atoms with Crippen LogP contribution in [0.3, 0.4) is 0 Å². The van der Waals surface area contributed by atoms with Crippen molar-refractivity contribution in [2.75, 3.05) is 0 Å². The van der Waals surface area contributed by atoms with Crippen LogP contribution in [-0.2, 0) is 0 Å². The lowest BCUT2D eigenvalue weighted by Gasteiger charge is -2.46. The smallest absolute Gasteiger partial charge is 0.0203 e. The Morgan fingerprint density at radius 1 is 0.929 bits per heavy atom. The van der Waals surface area contributed by atoms with Gasteiger partial charge in [-0.3, -0.25) is 0 Å². The number of hydrogen-bond donors (Lipinski definition) is 1. The molecule has 0 aliphatic carbocycles. The minimum atomic E-state index is 0.0386. The maximum absolute atomic E-state index is 6.53. The predicted molar refractivity (Wildman–Crippen MR) is 65.4 cm³/mol. The van der Waals surface area contributed by atoms with Gasteiger partial charge in [-0.15, -0.1) is 0 Å². The first-order chi connectivity index (χ1) is 6.49. The van der Waals surface area contributed by atoms with Crippen molar-refractivity contribution in [1.82, 2.24) is 0 Å². The van der Waals surface area contributed by atoms with Crippen molar-refractivity contribution in [3.8, 4) is 0 Å². The van der Waals surface area contributed by atoms with Gasteiger partial charge in [0.05, 0.1) is 0 Å². The van der Waals surface area contributed by atoms with Gasteiger partial charge in [-0.25, -0.2) is 0 Å². The Balaban J connectivity index is 4.62. The number of nitrogens with two attached hydrogens (primary N) is 1. The molecular formula is C13H29N. The molecule has 0 bridgehead atoms. The van der Waals surface area contributed by atoms with E-state index < -0.39 is 0 Å². The summed E-state index contributed by atoms with van der Waals surface area (Å²) < 4.78 is 0. The van der Waals surface area contributed by atoms with Crippen molar-refractivity contribution in [3.63, 3.8) is 0 Å². The molecule has 2 N–H and O–H groups in total. The monoisotopic (exact) mass is 199 g/mol. The van der Waals surface area contributed by atoms with Crippen LogP contribution in [0, 0.1) is 5.41 Å². The second-order valence-electron chi connectivity index (χ2n) is 4.88. The van der Waals surface area contributed by atoms with E-state index in [-0.39, 0.29) is 5.54 Å². The van der Waals surface area contributed by atoms with Crippen molar-refractivity contribution >= 4 is 0 Å². The van der Waals surface area contributed by atoms with Crippen LogP contribution < -0.4 is 5.73 Å². The van der Waals surface area contributed by atoms with Gasteiger partial charge in [-0.05, 0) is 31.1 Å². The molecule has 14 heavy (non-hydrogen) atoms. The molecule has 0 rings (SSSR count). The van der Waals surface area contributed by atoms with Crippen LogP contribution in [0.4, 0.5) is 0 Å². The van der Waals surface area contributed by atoms with E-state index in [1.54, 1.807) is 0 Å². The van der Waals surface area contributed by atoms with Crippen molar-refractivity contribution < 1.29 is 0 Å². The van der Waals surface area contributed by atoms with Crippen LogP contribution in [-0.4, -0.2) is 5.54 Å². The molecule has 0 saturated carbocycles. The van der Waals surface area contributed by atoms with Gasteiger partial charge in [-0.2, -0.15) is 0 Å². The predicted octanol–water partition coefficient (Wildman–Crippen LogP) is 4.11. The van der Waals surface area contributed by atoms with Crippen LogP contribution in [0.15, 0.2) is 0 Å². The van der Waals surface area contributed by atoms with Crippen LogP contribution in [0.25, 0.3) is 0 Å². The summed E-state index contributed by atoms with van der Waals surface area (Å²) in [5.41, 5.74) is 6.89. The lowest BCUT2D eigenvalue weighted by atomic mass is 9.64. The van der Waals surface area contributed by atoms with Crippen molar-refractivity contribution in [1.29, 1.82) is 0 Å². The van der Waals surface area contributed by atoms with Gasteiger partial charge >= 0.3 is 0 Å². The van der Waals surface area contributed by atoms with Crippen LogP contribution in [0.2, 0.25) is 0 Å². The van der Waals surface area contributed by atoms with E-state index in [1.807, 2.05) is 0 Å². The Morgan fingerprint density at radius 2 is 1.43 bits per heavy atom. The Bertz CT molecular complexity index is 149. The van der Waals surface area contributed by atoms with E-state index in [2.05, 4.69) is 34.6 Å². The van der Waals surface area contributed by atoms with E-state index in [1.165, 1.54) is 25.7 Å². The normalized spacial score (nSPS) is 16.7. The summed E-state index contributed by atoms with van der Waals surface area (Å²) in [5, 5.41) is 0. The van der Waals surface area contributed by atoms with Crippen LogP contribution in [0.1, 0.15) is 73.1 Å².